The van der Waals surface area contributed by atoms with Crippen LogP contribution >= 0.6 is 0 Å². The molecule has 0 heterocycles. The van der Waals surface area contributed by atoms with Crippen molar-refractivity contribution in [3.63, 3.8) is 0 Å². The molecule has 0 rings (SSSR count). The molecule has 0 bridgehead atoms. The highest BCUT2D eigenvalue weighted by molar-refractivity contribution is 5.71. The van der Waals surface area contributed by atoms with Gasteiger partial charge in [-0.05, 0) is 44.9 Å². The molecule has 0 N–H and O–H groups in total. The van der Waals surface area contributed by atoms with Gasteiger partial charge in [-0.2, -0.15) is 0 Å². The van der Waals surface area contributed by atoms with E-state index in [-0.39, 0.29) is 31.1 Å². The van der Waals surface area contributed by atoms with Crippen LogP contribution in [0.25, 0.3) is 0 Å². The Morgan fingerprint density at radius 2 is 0.587 bits per heavy atom. The van der Waals surface area contributed by atoms with Crippen LogP contribution in [0.5, 0.6) is 0 Å². The molecule has 1 unspecified atom stereocenters. The van der Waals surface area contributed by atoms with E-state index in [2.05, 4.69) is 45.1 Å². The second-order valence-electron chi connectivity index (χ2n) is 18.9. The minimum absolute atomic E-state index is 0.0717. The third kappa shape index (κ3) is 50.7. The molecule has 6 heteroatoms. The first-order chi connectivity index (χ1) is 31.0. The van der Waals surface area contributed by atoms with Gasteiger partial charge in [-0.1, -0.05) is 263 Å². The fourth-order valence-electron chi connectivity index (χ4n) is 8.23. The first kappa shape index (κ1) is 60.9. The van der Waals surface area contributed by atoms with Gasteiger partial charge in [0.2, 0.25) is 0 Å². The highest BCUT2D eigenvalue weighted by atomic mass is 16.6. The molecular weight excluding hydrogens is 781 g/mol. The van der Waals surface area contributed by atoms with Crippen molar-refractivity contribution in [1.82, 2.24) is 0 Å². The van der Waals surface area contributed by atoms with Gasteiger partial charge in [-0.15, -0.1) is 0 Å². The molecule has 0 aliphatic heterocycles. The Kier molecular flexibility index (Phi) is 50.8. The minimum Gasteiger partial charge on any atom is -0.462 e. The van der Waals surface area contributed by atoms with Crippen molar-refractivity contribution in [3.05, 3.63) is 24.3 Å². The van der Waals surface area contributed by atoms with E-state index in [1.165, 1.54) is 180 Å². The number of carbonyl (C=O) groups is 3. The summed E-state index contributed by atoms with van der Waals surface area (Å²) in [4.78, 5) is 38.1. The molecular formula is C57H106O6. The molecule has 0 aromatic carbocycles. The first-order valence-corrected chi connectivity index (χ1v) is 27.8. The van der Waals surface area contributed by atoms with Crippen LogP contribution in [0.3, 0.4) is 0 Å². The van der Waals surface area contributed by atoms with Crippen molar-refractivity contribution < 1.29 is 28.6 Å². The lowest BCUT2D eigenvalue weighted by atomic mass is 10.0. The van der Waals surface area contributed by atoms with Gasteiger partial charge in [0.1, 0.15) is 13.2 Å². The highest BCUT2D eigenvalue weighted by Crippen LogP contribution is 2.17. The van der Waals surface area contributed by atoms with Crippen LogP contribution in [-0.4, -0.2) is 37.2 Å². The third-order valence-electron chi connectivity index (χ3n) is 12.5. The van der Waals surface area contributed by atoms with E-state index in [1.807, 2.05) is 0 Å². The smallest absolute Gasteiger partial charge is 0.306 e. The van der Waals surface area contributed by atoms with Gasteiger partial charge < -0.3 is 14.2 Å². The first-order valence-electron chi connectivity index (χ1n) is 27.8. The van der Waals surface area contributed by atoms with E-state index < -0.39 is 6.10 Å². The fraction of sp³-hybridized carbons (Fsp3) is 0.877. The number of esters is 3. The average molecular weight is 887 g/mol. The summed E-state index contributed by atoms with van der Waals surface area (Å²) in [6.45, 7) is 6.63. The maximum absolute atomic E-state index is 12.8. The van der Waals surface area contributed by atoms with Crippen LogP contribution in [0.15, 0.2) is 24.3 Å². The number of unbranched alkanes of at least 4 members (excludes halogenated alkanes) is 36. The largest absolute Gasteiger partial charge is 0.462 e. The van der Waals surface area contributed by atoms with Crippen LogP contribution in [-0.2, 0) is 28.6 Å². The molecule has 6 nitrogen and oxygen atoms in total. The van der Waals surface area contributed by atoms with Crippen molar-refractivity contribution in [2.75, 3.05) is 13.2 Å². The monoisotopic (exact) mass is 887 g/mol. The van der Waals surface area contributed by atoms with Crippen molar-refractivity contribution in [2.24, 2.45) is 0 Å². The van der Waals surface area contributed by atoms with Gasteiger partial charge in [-0.3, -0.25) is 14.4 Å². The summed E-state index contributed by atoms with van der Waals surface area (Å²) in [7, 11) is 0. The van der Waals surface area contributed by atoms with Crippen molar-refractivity contribution in [1.29, 1.82) is 0 Å². The van der Waals surface area contributed by atoms with E-state index in [4.69, 9.17) is 14.2 Å². The van der Waals surface area contributed by atoms with Crippen molar-refractivity contribution in [2.45, 2.75) is 309 Å². The molecule has 0 aliphatic rings. The highest BCUT2D eigenvalue weighted by Gasteiger charge is 2.19. The summed E-state index contributed by atoms with van der Waals surface area (Å²) >= 11 is 0. The van der Waals surface area contributed by atoms with E-state index in [0.29, 0.717) is 19.3 Å². The Bertz CT molecular complexity index is 1020. The van der Waals surface area contributed by atoms with Gasteiger partial charge in [0, 0.05) is 19.3 Å². The van der Waals surface area contributed by atoms with E-state index in [9.17, 15) is 14.4 Å². The topological polar surface area (TPSA) is 78.9 Å². The molecule has 1 atom stereocenters. The quantitative estimate of drug-likeness (QED) is 0.0262. The zero-order valence-corrected chi connectivity index (χ0v) is 42.4. The Balaban J connectivity index is 4.33. The summed E-state index contributed by atoms with van der Waals surface area (Å²) in [6.07, 6.45) is 60.2. The Labute approximate surface area is 392 Å². The molecule has 0 aromatic heterocycles. The van der Waals surface area contributed by atoms with Gasteiger partial charge in [-0.25, -0.2) is 0 Å². The molecule has 0 spiro atoms. The second kappa shape index (κ2) is 52.5. The molecule has 0 aromatic rings. The number of rotatable bonds is 51. The second-order valence-corrected chi connectivity index (χ2v) is 18.9. The Hall–Kier alpha value is -2.11. The molecule has 370 valence electrons. The van der Waals surface area contributed by atoms with E-state index in [0.717, 1.165) is 83.5 Å². The van der Waals surface area contributed by atoms with Crippen molar-refractivity contribution in [3.8, 4) is 0 Å². The third-order valence-corrected chi connectivity index (χ3v) is 12.5. The number of carbonyl (C=O) groups excluding carboxylic acids is 3. The number of hydrogen-bond donors (Lipinski definition) is 0. The molecule has 0 radical (unpaired) electrons. The molecule has 0 aliphatic carbocycles. The predicted octanol–water partition coefficient (Wildman–Crippen LogP) is 18.3. The number of hydrogen-bond acceptors (Lipinski definition) is 6. The zero-order valence-electron chi connectivity index (χ0n) is 42.4. The standard InChI is InChI=1S/C57H106O6/c1-4-7-10-13-16-19-22-25-28-29-30-33-35-38-41-44-47-50-56(59)62-53-54(63-57(60)51-48-45-42-39-36-32-27-24-21-18-15-12-9-6-3)52-61-55(58)49-46-43-40-37-34-31-26-23-20-17-14-11-8-5-2/h15,18,24,27,54H,4-14,16-17,19-23,25-26,28-53H2,1-3H3/b18-15-,27-24-. The summed E-state index contributed by atoms with van der Waals surface area (Å²) in [5.41, 5.74) is 0. The van der Waals surface area contributed by atoms with E-state index in [1.54, 1.807) is 0 Å². The lowest BCUT2D eigenvalue weighted by molar-refractivity contribution is -0.167. The minimum atomic E-state index is -0.773. The zero-order chi connectivity index (χ0) is 45.8. The van der Waals surface area contributed by atoms with Gasteiger partial charge in [0.15, 0.2) is 6.10 Å². The maximum atomic E-state index is 12.8. The van der Waals surface area contributed by atoms with E-state index >= 15 is 0 Å². The molecule has 0 saturated heterocycles. The van der Waals surface area contributed by atoms with Gasteiger partial charge >= 0.3 is 17.9 Å². The lowest BCUT2D eigenvalue weighted by Crippen LogP contribution is -2.30. The molecule has 0 amide bonds. The lowest BCUT2D eigenvalue weighted by Gasteiger charge is -2.18. The van der Waals surface area contributed by atoms with Crippen LogP contribution in [0.1, 0.15) is 303 Å². The Morgan fingerprint density at radius 3 is 0.921 bits per heavy atom. The summed E-state index contributed by atoms with van der Waals surface area (Å²) < 4.78 is 16.8. The van der Waals surface area contributed by atoms with Gasteiger partial charge in [0.25, 0.3) is 0 Å². The SMILES string of the molecule is CCCC/C=C\C/C=C\CCCCCCCC(=O)OC(COC(=O)CCCCCCCCCCCCCCCC)COC(=O)CCCCCCCCCCCCCCCCCCC. The number of ether oxygens (including phenoxy) is 3. The molecule has 63 heavy (non-hydrogen) atoms. The van der Waals surface area contributed by atoms with Gasteiger partial charge in [0.05, 0.1) is 0 Å². The van der Waals surface area contributed by atoms with Crippen LogP contribution in [0.4, 0.5) is 0 Å². The van der Waals surface area contributed by atoms with Crippen LogP contribution < -0.4 is 0 Å². The summed E-state index contributed by atoms with van der Waals surface area (Å²) in [6, 6.07) is 0. The normalized spacial score (nSPS) is 12.1. The van der Waals surface area contributed by atoms with Crippen LogP contribution in [0, 0.1) is 0 Å². The average Bonchev–Trinajstić information content (AvgIpc) is 3.28. The summed E-state index contributed by atoms with van der Waals surface area (Å²) in [5.74, 6) is -0.866. The molecule has 0 fully saturated rings. The fourth-order valence-corrected chi connectivity index (χ4v) is 8.23. The summed E-state index contributed by atoms with van der Waals surface area (Å²) in [5, 5.41) is 0. The van der Waals surface area contributed by atoms with Crippen LogP contribution in [0.2, 0.25) is 0 Å². The van der Waals surface area contributed by atoms with Crippen molar-refractivity contribution >= 4 is 17.9 Å². The number of allylic oxidation sites excluding steroid dienone is 4. The Morgan fingerprint density at radius 1 is 0.317 bits per heavy atom. The predicted molar refractivity (Wildman–Crippen MR) is 270 cm³/mol. The molecule has 0 saturated carbocycles. The maximum Gasteiger partial charge on any atom is 0.306 e.